The van der Waals surface area contributed by atoms with Crippen molar-refractivity contribution < 1.29 is 14.3 Å². The largest absolute Gasteiger partial charge is 0.494 e. The van der Waals surface area contributed by atoms with Crippen LogP contribution in [-0.2, 0) is 9.59 Å². The van der Waals surface area contributed by atoms with E-state index in [2.05, 4.69) is 10.6 Å². The maximum atomic E-state index is 11.0. The van der Waals surface area contributed by atoms with Crippen molar-refractivity contribution in [3.63, 3.8) is 0 Å². The molecule has 0 aliphatic rings. The van der Waals surface area contributed by atoms with E-state index >= 15 is 0 Å². The van der Waals surface area contributed by atoms with Gasteiger partial charge in [0.05, 0.1) is 6.61 Å². The third-order valence-corrected chi connectivity index (χ3v) is 1.86. The van der Waals surface area contributed by atoms with Gasteiger partial charge in [-0.05, 0) is 13.0 Å². The Hall–Kier alpha value is -2.04. The van der Waals surface area contributed by atoms with Crippen molar-refractivity contribution in [1.82, 2.24) is 0 Å². The summed E-state index contributed by atoms with van der Waals surface area (Å²) >= 11 is 0. The fourth-order valence-electron chi connectivity index (χ4n) is 1.40. The van der Waals surface area contributed by atoms with Crippen LogP contribution >= 0.6 is 0 Å². The Morgan fingerprint density at radius 1 is 1.06 bits per heavy atom. The normalized spacial score (nSPS) is 9.59. The number of carbonyl (C=O) groups excluding carboxylic acids is 2. The number of benzene rings is 1. The van der Waals surface area contributed by atoms with Crippen LogP contribution in [0.2, 0.25) is 0 Å². The van der Waals surface area contributed by atoms with E-state index in [1.165, 1.54) is 13.8 Å². The zero-order chi connectivity index (χ0) is 12.8. The lowest BCUT2D eigenvalue weighted by Crippen LogP contribution is -2.09. The first-order chi connectivity index (χ1) is 8.01. The van der Waals surface area contributed by atoms with Crippen LogP contribution in [0.15, 0.2) is 18.2 Å². The lowest BCUT2D eigenvalue weighted by Gasteiger charge is -2.10. The molecule has 17 heavy (non-hydrogen) atoms. The van der Waals surface area contributed by atoms with Crippen LogP contribution in [-0.4, -0.2) is 18.4 Å². The second-order valence-electron chi connectivity index (χ2n) is 3.54. The van der Waals surface area contributed by atoms with E-state index in [0.717, 1.165) is 0 Å². The summed E-state index contributed by atoms with van der Waals surface area (Å²) in [5.74, 6) is 0.252. The third-order valence-electron chi connectivity index (χ3n) is 1.86. The van der Waals surface area contributed by atoms with Crippen molar-refractivity contribution in [3.8, 4) is 5.75 Å². The van der Waals surface area contributed by atoms with E-state index in [9.17, 15) is 9.59 Å². The molecular formula is C12H16N2O3. The first-order valence-corrected chi connectivity index (χ1v) is 5.34. The molecule has 5 heteroatoms. The minimum absolute atomic E-state index is 0.174. The van der Waals surface area contributed by atoms with Gasteiger partial charge in [-0.2, -0.15) is 0 Å². The maximum absolute atomic E-state index is 11.0. The SMILES string of the molecule is CCOc1cc(NC(C)=O)cc(NC(C)=O)c1. The highest BCUT2D eigenvalue weighted by atomic mass is 16.5. The number of nitrogens with one attached hydrogen (secondary N) is 2. The molecule has 92 valence electrons. The third kappa shape index (κ3) is 4.55. The molecule has 0 fully saturated rings. The monoisotopic (exact) mass is 236 g/mol. The molecule has 0 radical (unpaired) electrons. The van der Waals surface area contributed by atoms with E-state index in [0.29, 0.717) is 23.7 Å². The van der Waals surface area contributed by atoms with Gasteiger partial charge in [0.1, 0.15) is 5.75 Å². The molecule has 2 N–H and O–H groups in total. The summed E-state index contributed by atoms with van der Waals surface area (Å²) < 4.78 is 5.35. The molecule has 0 heterocycles. The molecule has 1 aromatic carbocycles. The summed E-state index contributed by atoms with van der Waals surface area (Å²) in [5, 5.41) is 5.29. The molecule has 0 aliphatic carbocycles. The summed E-state index contributed by atoms with van der Waals surface area (Å²) in [4.78, 5) is 22.0. The van der Waals surface area contributed by atoms with E-state index in [4.69, 9.17) is 4.74 Å². The summed E-state index contributed by atoms with van der Waals surface area (Å²) in [5.41, 5.74) is 1.18. The number of hydrogen-bond donors (Lipinski definition) is 2. The summed E-state index contributed by atoms with van der Waals surface area (Å²) in [6, 6.07) is 5.08. The van der Waals surface area contributed by atoms with Crippen molar-refractivity contribution in [1.29, 1.82) is 0 Å². The predicted molar refractivity (Wildman–Crippen MR) is 66.2 cm³/mol. The van der Waals surface area contributed by atoms with Crippen molar-refractivity contribution in [2.75, 3.05) is 17.2 Å². The topological polar surface area (TPSA) is 67.4 Å². The second-order valence-corrected chi connectivity index (χ2v) is 3.54. The van der Waals surface area contributed by atoms with Crippen LogP contribution in [0, 0.1) is 0 Å². The Balaban J connectivity index is 2.99. The minimum atomic E-state index is -0.174. The van der Waals surface area contributed by atoms with Gasteiger partial charge in [0.25, 0.3) is 0 Å². The van der Waals surface area contributed by atoms with E-state index in [1.54, 1.807) is 18.2 Å². The highest BCUT2D eigenvalue weighted by molar-refractivity contribution is 5.92. The number of anilines is 2. The summed E-state index contributed by atoms with van der Waals surface area (Å²) in [6.07, 6.45) is 0. The molecule has 5 nitrogen and oxygen atoms in total. The average Bonchev–Trinajstić information content (AvgIpc) is 2.14. The molecule has 0 saturated carbocycles. The zero-order valence-corrected chi connectivity index (χ0v) is 10.2. The lowest BCUT2D eigenvalue weighted by atomic mass is 10.2. The van der Waals surface area contributed by atoms with Crippen LogP contribution in [0.25, 0.3) is 0 Å². The van der Waals surface area contributed by atoms with E-state index in [-0.39, 0.29) is 11.8 Å². The van der Waals surface area contributed by atoms with Gasteiger partial charge in [-0.3, -0.25) is 9.59 Å². The number of hydrogen-bond acceptors (Lipinski definition) is 3. The number of carbonyl (C=O) groups is 2. The highest BCUT2D eigenvalue weighted by Crippen LogP contribution is 2.24. The molecule has 0 spiro atoms. The molecule has 0 aromatic heterocycles. The van der Waals surface area contributed by atoms with Crippen LogP contribution in [0.1, 0.15) is 20.8 Å². The van der Waals surface area contributed by atoms with Gasteiger partial charge in [-0.15, -0.1) is 0 Å². The molecule has 0 aliphatic heterocycles. The predicted octanol–water partition coefficient (Wildman–Crippen LogP) is 2.00. The van der Waals surface area contributed by atoms with Gasteiger partial charge < -0.3 is 15.4 Å². The average molecular weight is 236 g/mol. The second kappa shape index (κ2) is 5.89. The summed E-state index contributed by atoms with van der Waals surface area (Å²) in [7, 11) is 0. The standard InChI is InChI=1S/C12H16N2O3/c1-4-17-12-6-10(13-8(2)15)5-11(7-12)14-9(3)16/h5-7H,4H2,1-3H3,(H,13,15)(H,14,16). The van der Waals surface area contributed by atoms with Crippen molar-refractivity contribution in [3.05, 3.63) is 18.2 Å². The van der Waals surface area contributed by atoms with Crippen LogP contribution in [0.5, 0.6) is 5.75 Å². The van der Waals surface area contributed by atoms with Gasteiger partial charge in [-0.25, -0.2) is 0 Å². The number of rotatable bonds is 4. The molecule has 1 aromatic rings. The zero-order valence-electron chi connectivity index (χ0n) is 10.2. The van der Waals surface area contributed by atoms with E-state index < -0.39 is 0 Å². The smallest absolute Gasteiger partial charge is 0.221 e. The lowest BCUT2D eigenvalue weighted by molar-refractivity contribution is -0.115. The van der Waals surface area contributed by atoms with Gasteiger partial charge in [0, 0.05) is 37.4 Å². The van der Waals surface area contributed by atoms with Crippen LogP contribution < -0.4 is 15.4 Å². The first kappa shape index (κ1) is 13.0. The number of ether oxygens (including phenoxy) is 1. The molecule has 0 saturated heterocycles. The Morgan fingerprint density at radius 3 is 1.88 bits per heavy atom. The van der Waals surface area contributed by atoms with Gasteiger partial charge >= 0.3 is 0 Å². The van der Waals surface area contributed by atoms with Crippen molar-refractivity contribution >= 4 is 23.2 Å². The fourth-order valence-corrected chi connectivity index (χ4v) is 1.40. The van der Waals surface area contributed by atoms with Crippen LogP contribution in [0.4, 0.5) is 11.4 Å². The first-order valence-electron chi connectivity index (χ1n) is 5.34. The minimum Gasteiger partial charge on any atom is -0.494 e. The Labute approximate surface area is 100 Å². The van der Waals surface area contributed by atoms with Gasteiger partial charge in [0.2, 0.25) is 11.8 Å². The quantitative estimate of drug-likeness (QED) is 0.840. The summed E-state index contributed by atoms with van der Waals surface area (Å²) in [6.45, 7) is 5.23. The molecule has 0 bridgehead atoms. The molecule has 2 amide bonds. The Bertz CT molecular complexity index is 396. The maximum Gasteiger partial charge on any atom is 0.221 e. The molecule has 1 rings (SSSR count). The van der Waals surface area contributed by atoms with Crippen LogP contribution in [0.3, 0.4) is 0 Å². The van der Waals surface area contributed by atoms with Crippen molar-refractivity contribution in [2.24, 2.45) is 0 Å². The fraction of sp³-hybridized carbons (Fsp3) is 0.333. The van der Waals surface area contributed by atoms with E-state index in [1.807, 2.05) is 6.92 Å². The van der Waals surface area contributed by atoms with Crippen molar-refractivity contribution in [2.45, 2.75) is 20.8 Å². The number of amides is 2. The van der Waals surface area contributed by atoms with Gasteiger partial charge in [0.15, 0.2) is 0 Å². The molecule has 0 atom stereocenters. The Kier molecular flexibility index (Phi) is 4.51. The molecular weight excluding hydrogens is 220 g/mol. The van der Waals surface area contributed by atoms with Gasteiger partial charge in [-0.1, -0.05) is 0 Å². The highest BCUT2D eigenvalue weighted by Gasteiger charge is 2.04. The Morgan fingerprint density at radius 2 is 1.53 bits per heavy atom. The molecule has 0 unspecified atom stereocenters.